The van der Waals surface area contributed by atoms with Gasteiger partial charge in [-0.05, 0) is 39.1 Å². The smallest absolute Gasteiger partial charge is 0.126 e. The SMILES string of the molecule is CCCCN(C)Cc1cccc(NCC)n1. The van der Waals surface area contributed by atoms with Crippen molar-refractivity contribution in [3.63, 3.8) is 0 Å². The van der Waals surface area contributed by atoms with Crippen molar-refractivity contribution in [3.05, 3.63) is 23.9 Å². The molecule has 0 spiro atoms. The average molecular weight is 221 g/mol. The van der Waals surface area contributed by atoms with E-state index in [1.54, 1.807) is 0 Å². The maximum atomic E-state index is 4.56. The summed E-state index contributed by atoms with van der Waals surface area (Å²) in [5, 5.41) is 3.23. The van der Waals surface area contributed by atoms with Crippen molar-refractivity contribution < 1.29 is 0 Å². The van der Waals surface area contributed by atoms with Crippen LogP contribution in [0.25, 0.3) is 0 Å². The molecule has 0 aliphatic rings. The van der Waals surface area contributed by atoms with Gasteiger partial charge in [0.1, 0.15) is 5.82 Å². The number of nitrogens with one attached hydrogen (secondary N) is 1. The van der Waals surface area contributed by atoms with Crippen molar-refractivity contribution >= 4 is 5.82 Å². The van der Waals surface area contributed by atoms with Crippen molar-refractivity contribution in [2.45, 2.75) is 33.2 Å². The van der Waals surface area contributed by atoms with E-state index in [9.17, 15) is 0 Å². The number of hydrogen-bond acceptors (Lipinski definition) is 3. The van der Waals surface area contributed by atoms with Gasteiger partial charge in [-0.25, -0.2) is 4.98 Å². The molecule has 1 aromatic rings. The van der Waals surface area contributed by atoms with E-state index in [0.717, 1.165) is 31.1 Å². The zero-order chi connectivity index (χ0) is 11.8. The van der Waals surface area contributed by atoms with Crippen LogP contribution in [-0.2, 0) is 6.54 Å². The van der Waals surface area contributed by atoms with E-state index in [1.807, 2.05) is 6.07 Å². The van der Waals surface area contributed by atoms with Crippen LogP contribution in [-0.4, -0.2) is 30.0 Å². The number of rotatable bonds is 7. The van der Waals surface area contributed by atoms with Gasteiger partial charge in [0.15, 0.2) is 0 Å². The molecule has 0 saturated carbocycles. The lowest BCUT2D eigenvalue weighted by Gasteiger charge is -2.16. The monoisotopic (exact) mass is 221 g/mol. The van der Waals surface area contributed by atoms with Crippen LogP contribution in [0.2, 0.25) is 0 Å². The zero-order valence-corrected chi connectivity index (χ0v) is 10.7. The van der Waals surface area contributed by atoms with Gasteiger partial charge in [0, 0.05) is 13.1 Å². The number of hydrogen-bond donors (Lipinski definition) is 1. The Morgan fingerprint density at radius 2 is 2.12 bits per heavy atom. The third-order valence-corrected chi connectivity index (χ3v) is 2.49. The largest absolute Gasteiger partial charge is 0.370 e. The Morgan fingerprint density at radius 3 is 2.81 bits per heavy atom. The van der Waals surface area contributed by atoms with Gasteiger partial charge in [0.2, 0.25) is 0 Å². The van der Waals surface area contributed by atoms with Crippen LogP contribution in [0, 0.1) is 0 Å². The number of unbranched alkanes of at least 4 members (excludes halogenated alkanes) is 1. The lowest BCUT2D eigenvalue weighted by molar-refractivity contribution is 0.317. The fourth-order valence-corrected chi connectivity index (χ4v) is 1.63. The lowest BCUT2D eigenvalue weighted by Crippen LogP contribution is -2.19. The first-order chi connectivity index (χ1) is 7.76. The molecule has 1 N–H and O–H groups in total. The maximum absolute atomic E-state index is 4.56. The predicted octanol–water partition coefficient (Wildman–Crippen LogP) is 2.75. The Bertz CT molecular complexity index is 299. The highest BCUT2D eigenvalue weighted by Gasteiger charge is 2.01. The van der Waals surface area contributed by atoms with E-state index >= 15 is 0 Å². The molecule has 0 aliphatic heterocycles. The molecule has 1 heterocycles. The first-order valence-electron chi connectivity index (χ1n) is 6.14. The number of anilines is 1. The minimum absolute atomic E-state index is 0.919. The summed E-state index contributed by atoms with van der Waals surface area (Å²) < 4.78 is 0. The molecule has 0 aliphatic carbocycles. The van der Waals surface area contributed by atoms with Crippen LogP contribution in [0.15, 0.2) is 18.2 Å². The standard InChI is InChI=1S/C13H23N3/c1-4-6-10-16(3)11-12-8-7-9-13(15-12)14-5-2/h7-9H,4-6,10-11H2,1-3H3,(H,14,15). The van der Waals surface area contributed by atoms with Crippen LogP contribution in [0.1, 0.15) is 32.4 Å². The second-order valence-corrected chi connectivity index (χ2v) is 4.14. The van der Waals surface area contributed by atoms with Gasteiger partial charge < -0.3 is 10.2 Å². The normalized spacial score (nSPS) is 10.8. The topological polar surface area (TPSA) is 28.2 Å². The van der Waals surface area contributed by atoms with Crippen molar-refractivity contribution in [1.82, 2.24) is 9.88 Å². The van der Waals surface area contributed by atoms with E-state index in [4.69, 9.17) is 0 Å². The van der Waals surface area contributed by atoms with Crippen LogP contribution in [0.3, 0.4) is 0 Å². The summed E-state index contributed by atoms with van der Waals surface area (Å²) in [6.45, 7) is 7.30. The third-order valence-electron chi connectivity index (χ3n) is 2.49. The summed E-state index contributed by atoms with van der Waals surface area (Å²) in [4.78, 5) is 6.88. The summed E-state index contributed by atoms with van der Waals surface area (Å²) in [6.07, 6.45) is 2.50. The Balaban J connectivity index is 2.49. The molecular formula is C13H23N3. The molecule has 0 bridgehead atoms. The zero-order valence-electron chi connectivity index (χ0n) is 10.7. The van der Waals surface area contributed by atoms with Crippen LogP contribution >= 0.6 is 0 Å². The highest BCUT2D eigenvalue weighted by atomic mass is 15.1. The molecule has 0 atom stereocenters. The quantitative estimate of drug-likeness (QED) is 0.767. The van der Waals surface area contributed by atoms with Gasteiger partial charge in [-0.2, -0.15) is 0 Å². The molecule has 0 amide bonds. The van der Waals surface area contributed by atoms with Gasteiger partial charge in [0.05, 0.1) is 5.69 Å². The van der Waals surface area contributed by atoms with Gasteiger partial charge in [-0.15, -0.1) is 0 Å². The summed E-state index contributed by atoms with van der Waals surface area (Å²) in [7, 11) is 2.15. The van der Waals surface area contributed by atoms with Gasteiger partial charge >= 0.3 is 0 Å². The second-order valence-electron chi connectivity index (χ2n) is 4.14. The second kappa shape index (κ2) is 7.23. The van der Waals surface area contributed by atoms with Crippen molar-refractivity contribution in [2.24, 2.45) is 0 Å². The number of nitrogens with zero attached hydrogens (tertiary/aromatic N) is 2. The Kier molecular flexibility index (Phi) is 5.86. The van der Waals surface area contributed by atoms with E-state index in [1.165, 1.54) is 12.8 Å². The predicted molar refractivity (Wildman–Crippen MR) is 69.6 cm³/mol. The summed E-state index contributed by atoms with van der Waals surface area (Å²) in [6, 6.07) is 6.16. The van der Waals surface area contributed by atoms with Crippen molar-refractivity contribution in [3.8, 4) is 0 Å². The molecule has 3 nitrogen and oxygen atoms in total. The minimum Gasteiger partial charge on any atom is -0.370 e. The fraction of sp³-hybridized carbons (Fsp3) is 0.615. The van der Waals surface area contributed by atoms with E-state index < -0.39 is 0 Å². The summed E-state index contributed by atoms with van der Waals surface area (Å²) >= 11 is 0. The minimum atomic E-state index is 0.919. The average Bonchev–Trinajstić information content (AvgIpc) is 2.27. The van der Waals surface area contributed by atoms with E-state index in [0.29, 0.717) is 0 Å². The van der Waals surface area contributed by atoms with Gasteiger partial charge in [-0.1, -0.05) is 19.4 Å². The molecular weight excluding hydrogens is 198 g/mol. The molecule has 90 valence electrons. The molecule has 16 heavy (non-hydrogen) atoms. The van der Waals surface area contributed by atoms with Gasteiger partial charge in [-0.3, -0.25) is 0 Å². The maximum Gasteiger partial charge on any atom is 0.126 e. The van der Waals surface area contributed by atoms with Crippen LogP contribution in [0.5, 0.6) is 0 Å². The number of pyridine rings is 1. The summed E-state index contributed by atoms with van der Waals surface area (Å²) in [5.41, 5.74) is 1.14. The third kappa shape index (κ3) is 4.62. The van der Waals surface area contributed by atoms with E-state index in [2.05, 4.69) is 48.2 Å². The fourth-order valence-electron chi connectivity index (χ4n) is 1.63. The first-order valence-corrected chi connectivity index (χ1v) is 6.14. The lowest BCUT2D eigenvalue weighted by atomic mass is 10.3. The first kappa shape index (κ1) is 13.0. The highest BCUT2D eigenvalue weighted by molar-refractivity contribution is 5.34. The van der Waals surface area contributed by atoms with Gasteiger partial charge in [0.25, 0.3) is 0 Å². The molecule has 0 radical (unpaired) electrons. The van der Waals surface area contributed by atoms with Crippen LogP contribution < -0.4 is 5.32 Å². The molecule has 1 aromatic heterocycles. The molecule has 0 saturated heterocycles. The molecule has 0 fully saturated rings. The highest BCUT2D eigenvalue weighted by Crippen LogP contribution is 2.07. The molecule has 3 heteroatoms. The Labute approximate surface area is 98.9 Å². The molecule has 1 rings (SSSR count). The Morgan fingerprint density at radius 1 is 1.31 bits per heavy atom. The molecule has 0 unspecified atom stereocenters. The van der Waals surface area contributed by atoms with Crippen LogP contribution in [0.4, 0.5) is 5.82 Å². The van der Waals surface area contributed by atoms with Crippen molar-refractivity contribution in [2.75, 3.05) is 25.5 Å². The Hall–Kier alpha value is -1.09. The van der Waals surface area contributed by atoms with Crippen molar-refractivity contribution in [1.29, 1.82) is 0 Å². The number of aromatic nitrogens is 1. The molecule has 0 aromatic carbocycles. The summed E-state index contributed by atoms with van der Waals surface area (Å²) in [5.74, 6) is 0.976. The van der Waals surface area contributed by atoms with E-state index in [-0.39, 0.29) is 0 Å².